The lowest BCUT2D eigenvalue weighted by molar-refractivity contribution is -0.679. The Kier molecular flexibility index (Phi) is 3.12. The largest absolute Gasteiger partial charge is 0.355 e. The molecule has 1 fully saturated rings. The summed E-state index contributed by atoms with van der Waals surface area (Å²) in [4.78, 5) is 12.7. The van der Waals surface area contributed by atoms with Gasteiger partial charge in [0, 0.05) is 12.5 Å². The maximum absolute atomic E-state index is 4.76. The van der Waals surface area contributed by atoms with E-state index in [1.807, 2.05) is 6.33 Å². The van der Waals surface area contributed by atoms with Gasteiger partial charge in [-0.3, -0.25) is 0 Å². The highest BCUT2D eigenvalue weighted by Crippen LogP contribution is 2.29. The minimum absolute atomic E-state index is 0.399. The number of nitrogens with zero attached hydrogens (tertiary/aromatic N) is 3. The van der Waals surface area contributed by atoms with E-state index in [4.69, 9.17) is 4.98 Å². The Bertz CT molecular complexity index is 583. The van der Waals surface area contributed by atoms with Crippen molar-refractivity contribution in [2.75, 3.05) is 11.9 Å². The van der Waals surface area contributed by atoms with Crippen LogP contribution in [0.5, 0.6) is 0 Å². The van der Waals surface area contributed by atoms with Crippen LogP contribution in [0.25, 0.3) is 11.2 Å². The molecule has 2 aromatic rings. The molecule has 3 rings (SSSR count). The van der Waals surface area contributed by atoms with Crippen molar-refractivity contribution in [1.82, 2.24) is 15.0 Å². The molecule has 2 aromatic heterocycles. The van der Waals surface area contributed by atoms with Gasteiger partial charge in [-0.05, 0) is 25.7 Å². The summed E-state index contributed by atoms with van der Waals surface area (Å²) < 4.78 is 2.19. The number of rotatable bonds is 5. The molecule has 0 aliphatic heterocycles. The number of nitrogens with one attached hydrogen (secondary N) is 2. The maximum atomic E-state index is 4.76. The van der Waals surface area contributed by atoms with E-state index in [1.54, 1.807) is 0 Å². The van der Waals surface area contributed by atoms with Crippen LogP contribution in [0.3, 0.4) is 0 Å². The summed E-state index contributed by atoms with van der Waals surface area (Å²) in [7, 11) is 0. The minimum atomic E-state index is 0.399. The summed E-state index contributed by atoms with van der Waals surface area (Å²) in [6.45, 7) is 8.30. The molecule has 1 aliphatic carbocycles. The fourth-order valence-corrected chi connectivity index (χ4v) is 2.29. The molecule has 0 radical (unpaired) electrons. The molecule has 0 saturated heterocycles. The third-order valence-corrected chi connectivity index (χ3v) is 3.58. The molecular formula is C14H22N5+. The molecule has 0 amide bonds. The molecule has 0 unspecified atom stereocenters. The predicted octanol–water partition coefficient (Wildman–Crippen LogP) is 2.21. The van der Waals surface area contributed by atoms with Crippen LogP contribution in [0.4, 0.5) is 5.82 Å². The molecule has 2 N–H and O–H groups in total. The summed E-state index contributed by atoms with van der Waals surface area (Å²) >= 11 is 0. The van der Waals surface area contributed by atoms with Crippen molar-refractivity contribution in [3.8, 4) is 0 Å². The lowest BCUT2D eigenvalue weighted by Crippen LogP contribution is -2.36. The van der Waals surface area contributed by atoms with Gasteiger partial charge < -0.3 is 10.3 Å². The van der Waals surface area contributed by atoms with Crippen molar-refractivity contribution >= 4 is 17.0 Å². The van der Waals surface area contributed by atoms with E-state index in [1.165, 1.54) is 12.8 Å². The second kappa shape index (κ2) is 4.79. The Morgan fingerprint density at radius 3 is 2.89 bits per heavy atom. The Labute approximate surface area is 113 Å². The van der Waals surface area contributed by atoms with Crippen molar-refractivity contribution in [3.05, 3.63) is 12.2 Å². The van der Waals surface area contributed by atoms with Gasteiger partial charge in [-0.15, -0.1) is 0 Å². The van der Waals surface area contributed by atoms with Gasteiger partial charge in [0.2, 0.25) is 12.1 Å². The van der Waals surface area contributed by atoms with Gasteiger partial charge in [-0.25, -0.2) is 4.57 Å². The highest BCUT2D eigenvalue weighted by molar-refractivity contribution is 5.80. The summed E-state index contributed by atoms with van der Waals surface area (Å²) in [5, 5.41) is 3.30. The number of hydrogen-bond donors (Lipinski definition) is 2. The standard InChI is InChI=1S/C14H21N5/c1-4-15-13-11-14(18-12(17-11)9(2)3)19(8-16-13)7-10-5-6-10/h8-10H,4-7H2,1-3H3,(H,15,17,18)/p+1. The zero-order valence-electron chi connectivity index (χ0n) is 11.9. The van der Waals surface area contributed by atoms with Crippen LogP contribution in [-0.4, -0.2) is 21.5 Å². The third-order valence-electron chi connectivity index (χ3n) is 3.58. The van der Waals surface area contributed by atoms with Gasteiger partial charge in [0.25, 0.3) is 5.65 Å². The molecule has 1 saturated carbocycles. The smallest absolute Gasteiger partial charge is 0.293 e. The quantitative estimate of drug-likeness (QED) is 0.810. The van der Waals surface area contributed by atoms with Crippen LogP contribution < -0.4 is 9.88 Å². The van der Waals surface area contributed by atoms with Gasteiger partial charge >= 0.3 is 0 Å². The van der Waals surface area contributed by atoms with E-state index >= 15 is 0 Å². The molecular weight excluding hydrogens is 238 g/mol. The first-order valence-corrected chi connectivity index (χ1v) is 7.21. The van der Waals surface area contributed by atoms with E-state index in [-0.39, 0.29) is 0 Å². The predicted molar refractivity (Wildman–Crippen MR) is 75.1 cm³/mol. The van der Waals surface area contributed by atoms with Gasteiger partial charge in [-0.1, -0.05) is 23.8 Å². The number of aromatic amines is 1. The zero-order chi connectivity index (χ0) is 13.4. The number of imidazole rings is 1. The molecule has 0 atom stereocenters. The second-order valence-corrected chi connectivity index (χ2v) is 5.69. The molecule has 0 bridgehead atoms. The van der Waals surface area contributed by atoms with Gasteiger partial charge in [-0.2, -0.15) is 0 Å². The number of hydrogen-bond acceptors (Lipinski definition) is 3. The molecule has 5 heteroatoms. The van der Waals surface area contributed by atoms with Crippen LogP contribution in [0.2, 0.25) is 0 Å². The summed E-state index contributed by atoms with van der Waals surface area (Å²) in [6, 6.07) is 0. The monoisotopic (exact) mass is 260 g/mol. The fraction of sp³-hybridized carbons (Fsp3) is 0.643. The molecule has 1 aliphatic rings. The Hall–Kier alpha value is -1.65. The highest BCUT2D eigenvalue weighted by Gasteiger charge is 2.27. The zero-order valence-corrected chi connectivity index (χ0v) is 11.9. The van der Waals surface area contributed by atoms with E-state index < -0.39 is 0 Å². The molecule has 2 heterocycles. The normalized spacial score (nSPS) is 15.4. The molecule has 5 nitrogen and oxygen atoms in total. The molecule has 0 spiro atoms. The van der Waals surface area contributed by atoms with Crippen LogP contribution >= 0.6 is 0 Å². The van der Waals surface area contributed by atoms with Crippen LogP contribution in [0.15, 0.2) is 6.33 Å². The Balaban J connectivity index is 2.08. The van der Waals surface area contributed by atoms with Gasteiger partial charge in [0.1, 0.15) is 0 Å². The minimum Gasteiger partial charge on any atom is -0.355 e. The first kappa shape index (κ1) is 12.4. The Morgan fingerprint density at radius 1 is 1.47 bits per heavy atom. The van der Waals surface area contributed by atoms with Crippen LogP contribution in [-0.2, 0) is 6.54 Å². The number of aromatic nitrogens is 4. The number of anilines is 1. The summed E-state index contributed by atoms with van der Waals surface area (Å²) in [5.41, 5.74) is 2.07. The molecule has 19 heavy (non-hydrogen) atoms. The lowest BCUT2D eigenvalue weighted by Gasteiger charge is -2.02. The van der Waals surface area contributed by atoms with E-state index in [2.05, 4.69) is 40.6 Å². The van der Waals surface area contributed by atoms with Crippen molar-refractivity contribution < 1.29 is 4.57 Å². The van der Waals surface area contributed by atoms with Crippen molar-refractivity contribution in [2.45, 2.75) is 46.1 Å². The summed E-state index contributed by atoms with van der Waals surface area (Å²) in [5.74, 6) is 3.16. The Morgan fingerprint density at radius 2 is 2.26 bits per heavy atom. The van der Waals surface area contributed by atoms with Gasteiger partial charge in [0.15, 0.2) is 11.3 Å². The van der Waals surface area contributed by atoms with Crippen LogP contribution in [0, 0.1) is 5.92 Å². The number of fused-ring (bicyclic) bond motifs is 1. The van der Waals surface area contributed by atoms with E-state index in [9.17, 15) is 0 Å². The average molecular weight is 260 g/mol. The van der Waals surface area contributed by atoms with Crippen molar-refractivity contribution in [2.24, 2.45) is 5.92 Å². The van der Waals surface area contributed by atoms with Gasteiger partial charge in [0.05, 0.1) is 6.54 Å². The topological polar surface area (TPSA) is 57.5 Å². The lowest BCUT2D eigenvalue weighted by atomic mass is 10.2. The van der Waals surface area contributed by atoms with Crippen LogP contribution in [0.1, 0.15) is 45.4 Å². The molecule has 102 valence electrons. The summed E-state index contributed by atoms with van der Waals surface area (Å²) in [6.07, 6.45) is 4.60. The fourth-order valence-electron chi connectivity index (χ4n) is 2.29. The van der Waals surface area contributed by atoms with E-state index in [0.29, 0.717) is 5.92 Å². The highest BCUT2D eigenvalue weighted by atomic mass is 15.2. The maximum Gasteiger partial charge on any atom is 0.293 e. The first-order chi connectivity index (χ1) is 9.19. The van der Waals surface area contributed by atoms with Crippen molar-refractivity contribution in [1.29, 1.82) is 0 Å². The third kappa shape index (κ3) is 2.41. The first-order valence-electron chi connectivity index (χ1n) is 7.21. The molecule has 0 aromatic carbocycles. The SMILES string of the molecule is CCNc1nc[n+](CC2CC2)c2nc(C(C)C)[nH]c12. The van der Waals surface area contributed by atoms with Crippen molar-refractivity contribution in [3.63, 3.8) is 0 Å². The average Bonchev–Trinajstić information content (AvgIpc) is 3.06. The second-order valence-electron chi connectivity index (χ2n) is 5.69. The number of H-pyrrole nitrogens is 1. The van der Waals surface area contributed by atoms with E-state index in [0.717, 1.165) is 41.8 Å².